The van der Waals surface area contributed by atoms with Gasteiger partial charge in [0.2, 0.25) is 0 Å². The second kappa shape index (κ2) is 3.51. The molecule has 0 saturated carbocycles. The molecule has 1 atom stereocenters. The van der Waals surface area contributed by atoms with Gasteiger partial charge in [-0.05, 0) is 13.8 Å². The van der Waals surface area contributed by atoms with Crippen LogP contribution in [0.1, 0.15) is 17.6 Å². The topological polar surface area (TPSA) is 48.1 Å². The molecule has 0 radical (unpaired) electrons. The summed E-state index contributed by atoms with van der Waals surface area (Å²) in [7, 11) is 1.65. The highest BCUT2D eigenvalue weighted by molar-refractivity contribution is 7.09. The average Bonchev–Trinajstić information content (AvgIpc) is 2.51. The van der Waals surface area contributed by atoms with Crippen LogP contribution in [0.2, 0.25) is 0 Å². The van der Waals surface area contributed by atoms with Crippen molar-refractivity contribution in [3.63, 3.8) is 0 Å². The Bertz CT molecular complexity index is 255. The number of methoxy groups -OCH3 is 1. The van der Waals surface area contributed by atoms with Crippen molar-refractivity contribution in [2.45, 2.75) is 19.4 Å². The molecule has 0 saturated heterocycles. The minimum Gasteiger partial charge on any atom is -0.371 e. The molecule has 0 spiro atoms. The van der Waals surface area contributed by atoms with Crippen molar-refractivity contribution in [3.8, 4) is 0 Å². The second-order valence-electron chi connectivity index (χ2n) is 2.89. The monoisotopic (exact) mass is 186 g/mol. The SMILES string of the molecule is COC(C)(CN)c1csc(C)n1. The van der Waals surface area contributed by atoms with E-state index in [1.165, 1.54) is 0 Å². The maximum absolute atomic E-state index is 5.60. The highest BCUT2D eigenvalue weighted by atomic mass is 32.1. The van der Waals surface area contributed by atoms with Gasteiger partial charge in [0, 0.05) is 19.0 Å². The summed E-state index contributed by atoms with van der Waals surface area (Å²) in [5.74, 6) is 0. The number of rotatable bonds is 3. The highest BCUT2D eigenvalue weighted by Crippen LogP contribution is 2.24. The highest BCUT2D eigenvalue weighted by Gasteiger charge is 2.26. The molecule has 12 heavy (non-hydrogen) atoms. The molecule has 1 rings (SSSR count). The number of nitrogens with zero attached hydrogens (tertiary/aromatic N) is 1. The lowest BCUT2D eigenvalue weighted by molar-refractivity contribution is 0.00683. The van der Waals surface area contributed by atoms with Crippen LogP contribution in [0.15, 0.2) is 5.38 Å². The quantitative estimate of drug-likeness (QED) is 0.773. The van der Waals surface area contributed by atoms with Crippen molar-refractivity contribution in [2.24, 2.45) is 5.73 Å². The molecule has 2 N–H and O–H groups in total. The molecular weight excluding hydrogens is 172 g/mol. The molecule has 0 aliphatic carbocycles. The Labute approximate surface area is 76.6 Å². The van der Waals surface area contributed by atoms with Crippen LogP contribution in [-0.2, 0) is 10.3 Å². The fourth-order valence-electron chi connectivity index (χ4n) is 0.899. The molecule has 1 unspecified atom stereocenters. The summed E-state index contributed by atoms with van der Waals surface area (Å²) in [5, 5.41) is 3.04. The summed E-state index contributed by atoms with van der Waals surface area (Å²) >= 11 is 1.62. The molecule has 0 bridgehead atoms. The second-order valence-corrected chi connectivity index (χ2v) is 3.95. The number of hydrogen-bond acceptors (Lipinski definition) is 4. The molecule has 0 aliphatic rings. The number of hydrogen-bond donors (Lipinski definition) is 1. The lowest BCUT2D eigenvalue weighted by atomic mass is 10.0. The van der Waals surface area contributed by atoms with Gasteiger partial charge < -0.3 is 10.5 Å². The fourth-order valence-corrected chi connectivity index (χ4v) is 1.63. The molecule has 3 nitrogen and oxygen atoms in total. The number of aryl methyl sites for hydroxylation is 1. The van der Waals surface area contributed by atoms with Gasteiger partial charge in [-0.25, -0.2) is 4.98 Å². The standard InChI is InChI=1S/C8H14N2OS/c1-6-10-7(4-12-6)8(2,5-9)11-3/h4H,5,9H2,1-3H3. The van der Waals surface area contributed by atoms with E-state index in [-0.39, 0.29) is 0 Å². The van der Waals surface area contributed by atoms with Crippen molar-refractivity contribution in [2.75, 3.05) is 13.7 Å². The van der Waals surface area contributed by atoms with Crippen LogP contribution in [-0.4, -0.2) is 18.6 Å². The minimum atomic E-state index is -0.426. The largest absolute Gasteiger partial charge is 0.371 e. The normalized spacial score (nSPS) is 16.0. The van der Waals surface area contributed by atoms with Crippen molar-refractivity contribution in [1.29, 1.82) is 0 Å². The summed E-state index contributed by atoms with van der Waals surface area (Å²) in [4.78, 5) is 4.34. The Kier molecular flexibility index (Phi) is 2.82. The first-order valence-corrected chi connectivity index (χ1v) is 4.68. The van der Waals surface area contributed by atoms with Gasteiger partial charge >= 0.3 is 0 Å². The summed E-state index contributed by atoms with van der Waals surface area (Å²) < 4.78 is 5.31. The number of thiazole rings is 1. The van der Waals surface area contributed by atoms with Crippen molar-refractivity contribution >= 4 is 11.3 Å². The van der Waals surface area contributed by atoms with Crippen LogP contribution in [0, 0.1) is 6.92 Å². The van der Waals surface area contributed by atoms with Crippen LogP contribution in [0.5, 0.6) is 0 Å². The third-order valence-corrected chi connectivity index (χ3v) is 2.77. The van der Waals surface area contributed by atoms with Crippen LogP contribution in [0.3, 0.4) is 0 Å². The van der Waals surface area contributed by atoms with Gasteiger partial charge in [-0.1, -0.05) is 0 Å². The van der Waals surface area contributed by atoms with E-state index in [1.54, 1.807) is 18.4 Å². The Balaban J connectivity index is 2.94. The maximum Gasteiger partial charge on any atom is 0.120 e. The first-order valence-electron chi connectivity index (χ1n) is 3.80. The zero-order valence-corrected chi connectivity index (χ0v) is 8.44. The van der Waals surface area contributed by atoms with E-state index >= 15 is 0 Å². The molecule has 0 fully saturated rings. The molecule has 1 aromatic heterocycles. The third kappa shape index (κ3) is 1.65. The Morgan fingerprint density at radius 1 is 1.75 bits per heavy atom. The smallest absolute Gasteiger partial charge is 0.120 e. The lowest BCUT2D eigenvalue weighted by Gasteiger charge is -2.23. The van der Waals surface area contributed by atoms with E-state index < -0.39 is 5.60 Å². The molecular formula is C8H14N2OS. The number of nitrogens with two attached hydrogens (primary N) is 1. The Morgan fingerprint density at radius 3 is 2.75 bits per heavy atom. The van der Waals surface area contributed by atoms with E-state index in [0.717, 1.165) is 10.7 Å². The van der Waals surface area contributed by atoms with E-state index in [9.17, 15) is 0 Å². The molecule has 0 aliphatic heterocycles. The first-order chi connectivity index (χ1) is 5.62. The van der Waals surface area contributed by atoms with Gasteiger partial charge in [0.25, 0.3) is 0 Å². The molecule has 1 heterocycles. The number of aromatic nitrogens is 1. The van der Waals surface area contributed by atoms with Gasteiger partial charge in [0.15, 0.2) is 0 Å². The van der Waals surface area contributed by atoms with Crippen molar-refractivity contribution in [3.05, 3.63) is 16.1 Å². The van der Waals surface area contributed by atoms with Gasteiger partial charge in [-0.15, -0.1) is 11.3 Å². The summed E-state index contributed by atoms with van der Waals surface area (Å²) in [6.07, 6.45) is 0. The van der Waals surface area contributed by atoms with Crippen LogP contribution in [0.25, 0.3) is 0 Å². The van der Waals surface area contributed by atoms with Crippen molar-refractivity contribution < 1.29 is 4.74 Å². The minimum absolute atomic E-state index is 0.426. The predicted octanol–water partition coefficient (Wildman–Crippen LogP) is 1.27. The van der Waals surface area contributed by atoms with Crippen LogP contribution in [0.4, 0.5) is 0 Å². The molecule has 4 heteroatoms. The van der Waals surface area contributed by atoms with E-state index in [4.69, 9.17) is 10.5 Å². The Hall–Kier alpha value is -0.450. The zero-order valence-electron chi connectivity index (χ0n) is 7.63. The van der Waals surface area contributed by atoms with Crippen LogP contribution < -0.4 is 5.73 Å². The third-order valence-electron chi connectivity index (χ3n) is 2.00. The molecule has 0 aromatic carbocycles. The predicted molar refractivity (Wildman–Crippen MR) is 50.3 cm³/mol. The Morgan fingerprint density at radius 2 is 2.42 bits per heavy atom. The number of ether oxygens (including phenoxy) is 1. The lowest BCUT2D eigenvalue weighted by Crippen LogP contribution is -2.34. The molecule has 1 aromatic rings. The van der Waals surface area contributed by atoms with E-state index in [1.807, 2.05) is 19.2 Å². The van der Waals surface area contributed by atoms with Gasteiger partial charge in [-0.2, -0.15) is 0 Å². The fraction of sp³-hybridized carbons (Fsp3) is 0.625. The van der Waals surface area contributed by atoms with Gasteiger partial charge in [0.05, 0.1) is 10.7 Å². The van der Waals surface area contributed by atoms with Crippen molar-refractivity contribution in [1.82, 2.24) is 4.98 Å². The van der Waals surface area contributed by atoms with E-state index in [0.29, 0.717) is 6.54 Å². The van der Waals surface area contributed by atoms with Crippen LogP contribution >= 0.6 is 11.3 Å². The summed E-state index contributed by atoms with van der Waals surface area (Å²) in [6.45, 7) is 4.37. The van der Waals surface area contributed by atoms with Gasteiger partial charge in [0.1, 0.15) is 5.60 Å². The van der Waals surface area contributed by atoms with Gasteiger partial charge in [-0.3, -0.25) is 0 Å². The molecule has 68 valence electrons. The first kappa shape index (κ1) is 9.64. The zero-order chi connectivity index (χ0) is 9.19. The maximum atomic E-state index is 5.60. The van der Waals surface area contributed by atoms with E-state index in [2.05, 4.69) is 4.98 Å². The summed E-state index contributed by atoms with van der Waals surface area (Å²) in [5.41, 5.74) is 6.10. The summed E-state index contributed by atoms with van der Waals surface area (Å²) in [6, 6.07) is 0. The average molecular weight is 186 g/mol. The molecule has 0 amide bonds.